The van der Waals surface area contributed by atoms with Crippen LogP contribution in [0.15, 0.2) is 29.3 Å². The number of ether oxygens (including phenoxy) is 2. The summed E-state index contributed by atoms with van der Waals surface area (Å²) in [6.45, 7) is 6.78. The van der Waals surface area contributed by atoms with E-state index in [0.29, 0.717) is 26.1 Å². The van der Waals surface area contributed by atoms with Crippen molar-refractivity contribution in [2.45, 2.75) is 33.1 Å². The van der Waals surface area contributed by atoms with Crippen molar-refractivity contribution in [3.05, 3.63) is 29.8 Å². The lowest BCUT2D eigenvalue weighted by atomic mass is 10.2. The molecule has 0 unspecified atom stereocenters. The lowest BCUT2D eigenvalue weighted by Crippen LogP contribution is -2.39. The Morgan fingerprint density at radius 2 is 1.88 bits per heavy atom. The number of guanidine groups is 1. The molecule has 0 aliphatic rings. The highest BCUT2D eigenvalue weighted by Gasteiger charge is 2.00. The number of hydrogen-bond acceptors (Lipinski definition) is 4. The van der Waals surface area contributed by atoms with E-state index in [1.54, 1.807) is 0 Å². The Morgan fingerprint density at radius 3 is 2.52 bits per heavy atom. The molecule has 0 saturated heterocycles. The maximum Gasteiger partial charge on any atom is 0.305 e. The Hall–Kier alpha value is -1.51. The quantitative estimate of drug-likeness (QED) is 0.184. The first-order valence-electron chi connectivity index (χ1n) is 8.44. The van der Waals surface area contributed by atoms with E-state index in [2.05, 4.69) is 27.3 Å². The fraction of sp³-hybridized carbons (Fsp3) is 0.556. The van der Waals surface area contributed by atoms with Crippen LogP contribution in [0, 0.1) is 6.92 Å². The van der Waals surface area contributed by atoms with Gasteiger partial charge in [0.15, 0.2) is 5.96 Å². The standard InChI is InChI=1S/C18H29N3O3.HI/c1-4-19-18(20-12-6-5-7-17(22)23-3)21-13-14-24-16-10-8-15(2)9-11-16;/h8-11H,4-7,12-14H2,1-3H3,(H2,19,20,21);1H. The highest BCUT2D eigenvalue weighted by atomic mass is 127. The summed E-state index contributed by atoms with van der Waals surface area (Å²) < 4.78 is 10.3. The number of rotatable bonds is 10. The maximum atomic E-state index is 11.0. The zero-order chi connectivity index (χ0) is 17.6. The average Bonchev–Trinajstić information content (AvgIpc) is 2.59. The minimum absolute atomic E-state index is 0. The normalized spacial score (nSPS) is 10.6. The summed E-state index contributed by atoms with van der Waals surface area (Å²) in [5, 5.41) is 6.43. The number of carbonyl (C=O) groups excluding carboxylic acids is 1. The second-order valence-electron chi connectivity index (χ2n) is 5.38. The summed E-state index contributed by atoms with van der Waals surface area (Å²) in [5.41, 5.74) is 1.22. The fourth-order valence-corrected chi connectivity index (χ4v) is 1.99. The number of aryl methyl sites for hydroxylation is 1. The molecule has 0 fully saturated rings. The molecule has 7 heteroatoms. The highest BCUT2D eigenvalue weighted by Crippen LogP contribution is 2.10. The molecule has 1 aromatic carbocycles. The Kier molecular flexibility index (Phi) is 13.9. The lowest BCUT2D eigenvalue weighted by molar-refractivity contribution is -0.140. The molecular formula is C18H30IN3O3. The van der Waals surface area contributed by atoms with Gasteiger partial charge in [-0.2, -0.15) is 0 Å². The van der Waals surface area contributed by atoms with Crippen LogP contribution in [0.2, 0.25) is 0 Å². The van der Waals surface area contributed by atoms with Crippen molar-refractivity contribution in [2.24, 2.45) is 4.99 Å². The van der Waals surface area contributed by atoms with Gasteiger partial charge in [-0.3, -0.25) is 9.79 Å². The summed E-state index contributed by atoms with van der Waals surface area (Å²) in [7, 11) is 1.41. The van der Waals surface area contributed by atoms with E-state index in [4.69, 9.17) is 4.74 Å². The summed E-state index contributed by atoms with van der Waals surface area (Å²) in [6.07, 6.45) is 2.08. The molecule has 0 saturated carbocycles. The van der Waals surface area contributed by atoms with Gasteiger partial charge in [-0.05, 0) is 38.8 Å². The number of carbonyl (C=O) groups is 1. The third kappa shape index (κ3) is 11.6. The minimum atomic E-state index is -0.169. The Balaban J connectivity index is 0.00000576. The van der Waals surface area contributed by atoms with Gasteiger partial charge in [0.05, 0.1) is 13.7 Å². The van der Waals surface area contributed by atoms with Crippen LogP contribution >= 0.6 is 24.0 Å². The molecule has 142 valence electrons. The van der Waals surface area contributed by atoms with Crippen molar-refractivity contribution in [1.29, 1.82) is 0 Å². The van der Waals surface area contributed by atoms with Gasteiger partial charge in [-0.25, -0.2) is 0 Å². The monoisotopic (exact) mass is 463 g/mol. The third-order valence-corrected chi connectivity index (χ3v) is 3.32. The van der Waals surface area contributed by atoms with Crippen molar-refractivity contribution in [3.63, 3.8) is 0 Å². The van der Waals surface area contributed by atoms with Crippen LogP contribution in [-0.4, -0.2) is 45.3 Å². The van der Waals surface area contributed by atoms with Gasteiger partial charge >= 0.3 is 5.97 Å². The number of esters is 1. The van der Waals surface area contributed by atoms with Crippen LogP contribution in [-0.2, 0) is 9.53 Å². The van der Waals surface area contributed by atoms with Crippen molar-refractivity contribution >= 4 is 35.9 Å². The van der Waals surface area contributed by atoms with Gasteiger partial charge in [0, 0.05) is 19.5 Å². The SMILES string of the molecule is CCNC(=NCCCCC(=O)OC)NCCOc1ccc(C)cc1.I. The second kappa shape index (κ2) is 14.8. The zero-order valence-corrected chi connectivity index (χ0v) is 17.7. The van der Waals surface area contributed by atoms with Gasteiger partial charge < -0.3 is 20.1 Å². The number of benzene rings is 1. The fourth-order valence-electron chi connectivity index (χ4n) is 1.99. The molecule has 25 heavy (non-hydrogen) atoms. The van der Waals surface area contributed by atoms with E-state index in [1.807, 2.05) is 31.2 Å². The van der Waals surface area contributed by atoms with E-state index < -0.39 is 0 Å². The molecule has 0 aliphatic heterocycles. The van der Waals surface area contributed by atoms with Crippen LogP contribution in [0.5, 0.6) is 5.75 Å². The molecule has 1 rings (SSSR count). The predicted molar refractivity (Wildman–Crippen MR) is 112 cm³/mol. The molecule has 0 spiro atoms. The molecule has 0 heterocycles. The maximum absolute atomic E-state index is 11.0. The van der Waals surface area contributed by atoms with Crippen molar-refractivity contribution < 1.29 is 14.3 Å². The number of halogens is 1. The molecule has 0 aliphatic carbocycles. The van der Waals surface area contributed by atoms with E-state index in [9.17, 15) is 4.79 Å². The summed E-state index contributed by atoms with van der Waals surface area (Å²) in [6, 6.07) is 8.00. The first-order chi connectivity index (χ1) is 11.7. The van der Waals surface area contributed by atoms with E-state index in [0.717, 1.165) is 31.1 Å². The molecule has 6 nitrogen and oxygen atoms in total. The molecule has 0 aromatic heterocycles. The van der Waals surface area contributed by atoms with Crippen LogP contribution in [0.25, 0.3) is 0 Å². The number of aliphatic imine (C=N–C) groups is 1. The molecule has 2 N–H and O–H groups in total. The molecular weight excluding hydrogens is 433 g/mol. The van der Waals surface area contributed by atoms with Crippen LogP contribution in [0.3, 0.4) is 0 Å². The average molecular weight is 463 g/mol. The number of nitrogens with zero attached hydrogens (tertiary/aromatic N) is 1. The minimum Gasteiger partial charge on any atom is -0.492 e. The third-order valence-electron chi connectivity index (χ3n) is 3.32. The number of nitrogens with one attached hydrogen (secondary N) is 2. The van der Waals surface area contributed by atoms with Gasteiger partial charge in [-0.15, -0.1) is 24.0 Å². The number of hydrogen-bond donors (Lipinski definition) is 2. The smallest absolute Gasteiger partial charge is 0.305 e. The largest absolute Gasteiger partial charge is 0.492 e. The molecule has 0 amide bonds. The summed E-state index contributed by atoms with van der Waals surface area (Å²) in [4.78, 5) is 15.5. The van der Waals surface area contributed by atoms with Gasteiger partial charge in [-0.1, -0.05) is 17.7 Å². The van der Waals surface area contributed by atoms with Gasteiger partial charge in [0.1, 0.15) is 12.4 Å². The van der Waals surface area contributed by atoms with Crippen LogP contribution in [0.1, 0.15) is 31.7 Å². The van der Waals surface area contributed by atoms with Gasteiger partial charge in [0.25, 0.3) is 0 Å². The van der Waals surface area contributed by atoms with E-state index in [1.165, 1.54) is 12.7 Å². The first-order valence-corrected chi connectivity index (χ1v) is 8.44. The van der Waals surface area contributed by atoms with Crippen LogP contribution < -0.4 is 15.4 Å². The van der Waals surface area contributed by atoms with E-state index >= 15 is 0 Å². The predicted octanol–water partition coefficient (Wildman–Crippen LogP) is 2.89. The van der Waals surface area contributed by atoms with E-state index in [-0.39, 0.29) is 29.9 Å². The molecule has 1 aromatic rings. The van der Waals surface area contributed by atoms with Crippen molar-refractivity contribution in [2.75, 3.05) is 33.4 Å². The van der Waals surface area contributed by atoms with Gasteiger partial charge in [0.2, 0.25) is 0 Å². The molecule has 0 radical (unpaired) electrons. The van der Waals surface area contributed by atoms with Crippen molar-refractivity contribution in [1.82, 2.24) is 10.6 Å². The Morgan fingerprint density at radius 1 is 1.16 bits per heavy atom. The Bertz CT molecular complexity index is 507. The topological polar surface area (TPSA) is 72.0 Å². The number of unbranched alkanes of at least 4 members (excludes halogenated alkanes) is 1. The summed E-state index contributed by atoms with van der Waals surface area (Å²) in [5.74, 6) is 1.47. The summed E-state index contributed by atoms with van der Waals surface area (Å²) >= 11 is 0. The zero-order valence-electron chi connectivity index (χ0n) is 15.3. The molecule has 0 bridgehead atoms. The first kappa shape index (κ1) is 23.5. The molecule has 0 atom stereocenters. The highest BCUT2D eigenvalue weighted by molar-refractivity contribution is 14.0. The van der Waals surface area contributed by atoms with Crippen molar-refractivity contribution in [3.8, 4) is 5.75 Å². The second-order valence-corrected chi connectivity index (χ2v) is 5.38. The Labute approximate surface area is 167 Å². The number of methoxy groups -OCH3 is 1. The van der Waals surface area contributed by atoms with Crippen LogP contribution in [0.4, 0.5) is 0 Å². The lowest BCUT2D eigenvalue weighted by Gasteiger charge is -2.12.